The van der Waals surface area contributed by atoms with E-state index in [0.717, 1.165) is 0 Å². The zero-order valence-electron chi connectivity index (χ0n) is 6.87. The zero-order chi connectivity index (χ0) is 10.7. The maximum Gasteiger partial charge on any atom is 0.237 e. The van der Waals surface area contributed by atoms with Gasteiger partial charge in [0.1, 0.15) is 23.4 Å². The number of aromatic nitrogens is 1. The molecule has 1 rings (SSSR count). The summed E-state index contributed by atoms with van der Waals surface area (Å²) in [4.78, 5) is 13.6. The third kappa shape index (κ3) is 1.80. The Morgan fingerprint density at radius 1 is 1.79 bits per heavy atom. The summed E-state index contributed by atoms with van der Waals surface area (Å²) in [6.07, 6.45) is 0.390. The third-order valence-corrected chi connectivity index (χ3v) is 1.88. The Hall–Kier alpha value is -1.67. The van der Waals surface area contributed by atoms with Crippen LogP contribution in [0.2, 0.25) is 0 Å². The number of hydrogen-bond acceptors (Lipinski definition) is 4. The van der Waals surface area contributed by atoms with Crippen molar-refractivity contribution in [2.75, 3.05) is 5.73 Å². The highest BCUT2D eigenvalue weighted by Gasteiger charge is 2.14. The molecule has 0 spiro atoms. The summed E-state index contributed by atoms with van der Waals surface area (Å²) in [6, 6.07) is 2.86. The predicted molar refractivity (Wildman–Crippen MR) is 48.0 cm³/mol. The lowest BCUT2D eigenvalue weighted by Crippen LogP contribution is -2.04. The molecule has 1 heterocycles. The SMILES string of the molecule is N#Cc1cc(C(Cl)C=O)nc(F)c1N. The Morgan fingerprint density at radius 2 is 2.43 bits per heavy atom. The molecule has 0 saturated carbocycles. The van der Waals surface area contributed by atoms with Crippen molar-refractivity contribution >= 4 is 23.6 Å². The number of nitrogen functional groups attached to an aromatic ring is 1. The number of nitriles is 1. The second-order valence-corrected chi connectivity index (χ2v) is 2.92. The molecule has 6 heteroatoms. The van der Waals surface area contributed by atoms with Gasteiger partial charge in [-0.1, -0.05) is 0 Å². The molecule has 72 valence electrons. The van der Waals surface area contributed by atoms with Crippen LogP contribution in [0.25, 0.3) is 0 Å². The molecule has 0 radical (unpaired) electrons. The Balaban J connectivity index is 3.31. The molecule has 0 aromatic carbocycles. The minimum atomic E-state index is -1.07. The van der Waals surface area contributed by atoms with Crippen molar-refractivity contribution in [3.05, 3.63) is 23.3 Å². The maximum atomic E-state index is 13.0. The molecule has 1 aromatic rings. The molecule has 0 saturated heterocycles. The van der Waals surface area contributed by atoms with E-state index in [9.17, 15) is 9.18 Å². The van der Waals surface area contributed by atoms with Gasteiger partial charge in [0.25, 0.3) is 0 Å². The average molecular weight is 214 g/mol. The van der Waals surface area contributed by atoms with E-state index in [4.69, 9.17) is 22.6 Å². The highest BCUT2D eigenvalue weighted by molar-refractivity contribution is 6.27. The quantitative estimate of drug-likeness (QED) is 0.454. The molecule has 0 amide bonds. The lowest BCUT2D eigenvalue weighted by molar-refractivity contribution is -0.107. The van der Waals surface area contributed by atoms with Crippen LogP contribution < -0.4 is 5.73 Å². The van der Waals surface area contributed by atoms with E-state index in [1.165, 1.54) is 6.07 Å². The fourth-order valence-electron chi connectivity index (χ4n) is 0.846. The lowest BCUT2D eigenvalue weighted by Gasteiger charge is -2.04. The van der Waals surface area contributed by atoms with E-state index in [-0.39, 0.29) is 16.9 Å². The number of pyridine rings is 1. The van der Waals surface area contributed by atoms with Crippen LogP contribution >= 0.6 is 11.6 Å². The van der Waals surface area contributed by atoms with Gasteiger partial charge in [0.2, 0.25) is 5.95 Å². The molecule has 0 aliphatic heterocycles. The van der Waals surface area contributed by atoms with Crippen molar-refractivity contribution in [3.63, 3.8) is 0 Å². The number of alkyl halides is 1. The average Bonchev–Trinajstić information content (AvgIpc) is 2.20. The van der Waals surface area contributed by atoms with Crippen molar-refractivity contribution in [1.82, 2.24) is 4.98 Å². The first-order valence-corrected chi connectivity index (χ1v) is 3.99. The van der Waals surface area contributed by atoms with E-state index >= 15 is 0 Å². The monoisotopic (exact) mass is 213 g/mol. The standard InChI is InChI=1S/C8H5ClFN3O/c9-5(3-14)6-1-4(2-11)7(12)8(10)13-6/h1,3,5H,12H2. The highest BCUT2D eigenvalue weighted by atomic mass is 35.5. The minimum absolute atomic E-state index is 0.0232. The number of rotatable bonds is 2. The van der Waals surface area contributed by atoms with Gasteiger partial charge in [0.15, 0.2) is 0 Å². The number of anilines is 1. The predicted octanol–water partition coefficient (Wildman–Crippen LogP) is 1.15. The molecular formula is C8H5ClFN3O. The molecule has 4 nitrogen and oxygen atoms in total. The van der Waals surface area contributed by atoms with Gasteiger partial charge in [-0.25, -0.2) is 4.98 Å². The molecule has 1 aromatic heterocycles. The fraction of sp³-hybridized carbons (Fsp3) is 0.125. The summed E-state index contributed by atoms with van der Waals surface area (Å²) in [6.45, 7) is 0. The smallest absolute Gasteiger partial charge is 0.237 e. The Labute approximate surface area is 84.1 Å². The molecule has 1 atom stereocenters. The summed E-state index contributed by atoms with van der Waals surface area (Å²) in [7, 11) is 0. The summed E-state index contributed by atoms with van der Waals surface area (Å²) in [5, 5.41) is 7.49. The summed E-state index contributed by atoms with van der Waals surface area (Å²) >= 11 is 5.50. The van der Waals surface area contributed by atoms with Crippen LogP contribution in [0.1, 0.15) is 16.6 Å². The first kappa shape index (κ1) is 10.4. The van der Waals surface area contributed by atoms with Crippen molar-refractivity contribution in [2.24, 2.45) is 0 Å². The van der Waals surface area contributed by atoms with Crippen LogP contribution in [0.4, 0.5) is 10.1 Å². The number of aldehydes is 1. The summed E-state index contributed by atoms with van der Waals surface area (Å²) in [5.41, 5.74) is 4.76. The van der Waals surface area contributed by atoms with Gasteiger partial charge < -0.3 is 10.5 Å². The van der Waals surface area contributed by atoms with E-state index in [1.54, 1.807) is 6.07 Å². The van der Waals surface area contributed by atoms with Gasteiger partial charge in [-0.2, -0.15) is 9.65 Å². The molecule has 0 bridgehead atoms. The van der Waals surface area contributed by atoms with Gasteiger partial charge in [-0.15, -0.1) is 11.6 Å². The lowest BCUT2D eigenvalue weighted by atomic mass is 10.2. The number of hydrogen-bond donors (Lipinski definition) is 1. The Bertz CT molecular complexity index is 416. The topological polar surface area (TPSA) is 79.8 Å². The van der Waals surface area contributed by atoms with Gasteiger partial charge >= 0.3 is 0 Å². The van der Waals surface area contributed by atoms with Crippen molar-refractivity contribution in [2.45, 2.75) is 5.38 Å². The van der Waals surface area contributed by atoms with Crippen LogP contribution in [0.15, 0.2) is 6.07 Å². The summed E-state index contributed by atoms with van der Waals surface area (Å²) in [5.74, 6) is -0.994. The van der Waals surface area contributed by atoms with Crippen molar-refractivity contribution in [1.29, 1.82) is 5.26 Å². The first-order chi connectivity index (χ1) is 6.60. The maximum absolute atomic E-state index is 13.0. The number of nitrogens with two attached hydrogens (primary N) is 1. The second-order valence-electron chi connectivity index (χ2n) is 2.45. The van der Waals surface area contributed by atoms with E-state index in [1.807, 2.05) is 0 Å². The largest absolute Gasteiger partial charge is 0.394 e. The zero-order valence-corrected chi connectivity index (χ0v) is 7.62. The number of carbonyl (C=O) groups excluding carboxylic acids is 1. The van der Waals surface area contributed by atoms with Gasteiger partial charge in [0, 0.05) is 0 Å². The molecule has 0 aliphatic rings. The van der Waals surface area contributed by atoms with Crippen molar-refractivity contribution in [3.8, 4) is 6.07 Å². The van der Waals surface area contributed by atoms with Gasteiger partial charge in [0.05, 0.1) is 11.3 Å². The second kappa shape index (κ2) is 4.03. The molecular weight excluding hydrogens is 209 g/mol. The number of carbonyl (C=O) groups is 1. The van der Waals surface area contributed by atoms with Crippen LogP contribution in [-0.2, 0) is 4.79 Å². The highest BCUT2D eigenvalue weighted by Crippen LogP contribution is 2.21. The molecule has 0 aliphatic carbocycles. The molecule has 0 fully saturated rings. The fourth-order valence-corrected chi connectivity index (χ4v) is 0.958. The number of nitrogens with zero attached hydrogens (tertiary/aromatic N) is 2. The Morgan fingerprint density at radius 3 is 2.93 bits per heavy atom. The normalized spacial score (nSPS) is 11.8. The van der Waals surface area contributed by atoms with Gasteiger partial charge in [-0.05, 0) is 6.07 Å². The number of halogens is 2. The minimum Gasteiger partial charge on any atom is -0.394 e. The van der Waals surface area contributed by atoms with Crippen LogP contribution in [-0.4, -0.2) is 11.3 Å². The van der Waals surface area contributed by atoms with Crippen molar-refractivity contribution < 1.29 is 9.18 Å². The van der Waals surface area contributed by atoms with E-state index < -0.39 is 11.3 Å². The molecule has 2 N–H and O–H groups in total. The summed E-state index contributed by atoms with van der Waals surface area (Å²) < 4.78 is 13.0. The molecule has 14 heavy (non-hydrogen) atoms. The molecule has 1 unspecified atom stereocenters. The first-order valence-electron chi connectivity index (χ1n) is 3.55. The van der Waals surface area contributed by atoms with E-state index in [2.05, 4.69) is 4.98 Å². The van der Waals surface area contributed by atoms with Crippen LogP contribution in [0, 0.1) is 17.3 Å². The van der Waals surface area contributed by atoms with Gasteiger partial charge in [-0.3, -0.25) is 0 Å². The van der Waals surface area contributed by atoms with Crippen LogP contribution in [0.3, 0.4) is 0 Å². The third-order valence-electron chi connectivity index (χ3n) is 1.55. The van der Waals surface area contributed by atoms with E-state index in [0.29, 0.717) is 6.29 Å². The Kier molecular flexibility index (Phi) is 2.99. The van der Waals surface area contributed by atoms with Crippen LogP contribution in [0.5, 0.6) is 0 Å².